The summed E-state index contributed by atoms with van der Waals surface area (Å²) in [6.45, 7) is 7.07. The molecule has 0 aliphatic carbocycles. The average Bonchev–Trinajstić information content (AvgIpc) is 3.15. The minimum absolute atomic E-state index is 0.0144. The molecule has 2 heterocycles. The fourth-order valence-corrected chi connectivity index (χ4v) is 4.28. The number of fused-ring (bicyclic) bond motifs is 1. The van der Waals surface area contributed by atoms with Crippen molar-refractivity contribution in [2.45, 2.75) is 20.4 Å². The Morgan fingerprint density at radius 2 is 2.10 bits per heavy atom. The fourth-order valence-electron chi connectivity index (χ4n) is 2.15. The zero-order valence-electron chi connectivity index (χ0n) is 12.0. The third-order valence-electron chi connectivity index (χ3n) is 3.31. The van der Waals surface area contributed by atoms with Crippen LogP contribution in [0, 0.1) is 0 Å². The second-order valence-electron chi connectivity index (χ2n) is 4.57. The summed E-state index contributed by atoms with van der Waals surface area (Å²) >= 11 is 1.76. The Morgan fingerprint density at radius 3 is 2.90 bits per heavy atom. The maximum absolute atomic E-state index is 4.51. The topological polar surface area (TPSA) is 53.9 Å². The van der Waals surface area contributed by atoms with Gasteiger partial charge in [-0.25, -0.2) is 0 Å². The summed E-state index contributed by atoms with van der Waals surface area (Å²) in [4.78, 5) is 8.01. The molecule has 0 atom stereocenters. The van der Waals surface area contributed by atoms with Crippen molar-refractivity contribution in [2.75, 3.05) is 23.3 Å². The van der Waals surface area contributed by atoms with Gasteiger partial charge < -0.3 is 0 Å². The van der Waals surface area contributed by atoms with Gasteiger partial charge in [0, 0.05) is 0 Å². The molecule has 0 aliphatic rings. The first-order valence-corrected chi connectivity index (χ1v) is 9.31. The third-order valence-corrected chi connectivity index (χ3v) is 5.51. The van der Waals surface area contributed by atoms with Crippen molar-refractivity contribution in [1.82, 2.24) is 12.9 Å². The molecule has 0 saturated carbocycles. The van der Waals surface area contributed by atoms with Gasteiger partial charge in [0.1, 0.15) is 0 Å². The number of hydrogen-bond donors (Lipinski definition) is 1. The Balaban J connectivity index is 1.72. The minimum atomic E-state index is 0.0144. The molecule has 0 saturated heterocycles. The van der Waals surface area contributed by atoms with E-state index >= 15 is 0 Å². The van der Waals surface area contributed by atoms with Crippen LogP contribution in [-0.4, -0.2) is 41.0 Å². The maximum atomic E-state index is 4.51. The first-order chi connectivity index (χ1) is 10.3. The van der Waals surface area contributed by atoms with Gasteiger partial charge in [-0.05, 0) is 0 Å². The van der Waals surface area contributed by atoms with Gasteiger partial charge in [-0.2, -0.15) is 0 Å². The zero-order valence-corrected chi connectivity index (χ0v) is 14.6. The molecule has 7 heteroatoms. The summed E-state index contributed by atoms with van der Waals surface area (Å²) in [5, 5.41) is 4.55. The summed E-state index contributed by atoms with van der Waals surface area (Å²) in [6, 6.07) is 6.10. The number of nitrogens with zero attached hydrogens (tertiary/aromatic N) is 4. The van der Waals surface area contributed by atoms with Gasteiger partial charge in [0.2, 0.25) is 0 Å². The third kappa shape index (κ3) is 3.10. The molecule has 1 N–H and O–H groups in total. The van der Waals surface area contributed by atoms with Crippen LogP contribution in [0.4, 0.5) is 10.8 Å². The van der Waals surface area contributed by atoms with Crippen LogP contribution in [0.5, 0.6) is 0 Å². The Morgan fingerprint density at radius 1 is 1.24 bits per heavy atom. The van der Waals surface area contributed by atoms with Crippen LogP contribution in [-0.2, 0) is 6.54 Å². The standard InChI is InChI=1S/C14H17N5SSe/c1-3-19(4-2)14-16-9-10(20-14)8-15-11-6-5-7-12-13(11)18-21-17-12/h5-7,9,15H,3-4,8H2,1-2H3. The van der Waals surface area contributed by atoms with E-state index in [1.165, 1.54) is 4.88 Å². The van der Waals surface area contributed by atoms with Crippen molar-refractivity contribution in [3.8, 4) is 0 Å². The van der Waals surface area contributed by atoms with Crippen molar-refractivity contribution >= 4 is 48.2 Å². The molecule has 0 fully saturated rings. The SMILES string of the molecule is CCN(CC)c1ncc(CNc2cccc3n[se]nc23)s1. The molecule has 3 rings (SSSR count). The van der Waals surface area contributed by atoms with Crippen LogP contribution in [0.2, 0.25) is 0 Å². The number of rotatable bonds is 6. The molecule has 21 heavy (non-hydrogen) atoms. The van der Waals surface area contributed by atoms with Crippen molar-refractivity contribution in [2.24, 2.45) is 0 Å². The van der Waals surface area contributed by atoms with Crippen LogP contribution >= 0.6 is 11.3 Å². The summed E-state index contributed by atoms with van der Waals surface area (Å²) in [7, 11) is 0. The van der Waals surface area contributed by atoms with Crippen molar-refractivity contribution < 1.29 is 0 Å². The normalized spacial score (nSPS) is 11.0. The van der Waals surface area contributed by atoms with Gasteiger partial charge in [0.05, 0.1) is 0 Å². The molecular weight excluding hydrogens is 349 g/mol. The number of hydrogen-bond acceptors (Lipinski definition) is 6. The van der Waals surface area contributed by atoms with Crippen LogP contribution in [0.1, 0.15) is 18.7 Å². The van der Waals surface area contributed by atoms with Crippen LogP contribution < -0.4 is 10.2 Å². The molecule has 0 aliphatic heterocycles. The van der Waals surface area contributed by atoms with Gasteiger partial charge >= 0.3 is 134 Å². The average molecular weight is 366 g/mol. The molecule has 0 amide bonds. The van der Waals surface area contributed by atoms with Gasteiger partial charge in [-0.3, -0.25) is 0 Å². The van der Waals surface area contributed by atoms with E-state index in [-0.39, 0.29) is 15.0 Å². The molecule has 1 aromatic carbocycles. The van der Waals surface area contributed by atoms with Crippen molar-refractivity contribution in [1.29, 1.82) is 0 Å². The molecule has 5 nitrogen and oxygen atoms in total. The molecular formula is C14H17N5SSe. The molecule has 0 radical (unpaired) electrons. The Hall–Kier alpha value is -1.43. The van der Waals surface area contributed by atoms with E-state index in [0.717, 1.165) is 41.5 Å². The van der Waals surface area contributed by atoms with Gasteiger partial charge in [0.25, 0.3) is 0 Å². The first-order valence-electron chi connectivity index (χ1n) is 6.96. The fraction of sp³-hybridized carbons (Fsp3) is 0.357. The second-order valence-corrected chi connectivity index (χ2v) is 6.77. The van der Waals surface area contributed by atoms with E-state index < -0.39 is 0 Å². The molecule has 0 unspecified atom stereocenters. The Bertz CT molecular complexity index is 719. The van der Waals surface area contributed by atoms with Crippen LogP contribution in [0.3, 0.4) is 0 Å². The monoisotopic (exact) mass is 367 g/mol. The van der Waals surface area contributed by atoms with E-state index in [0.29, 0.717) is 0 Å². The number of aromatic nitrogens is 3. The first kappa shape index (κ1) is 14.5. The number of nitrogens with one attached hydrogen (secondary N) is 1. The molecule has 3 aromatic rings. The van der Waals surface area contributed by atoms with E-state index in [4.69, 9.17) is 0 Å². The zero-order chi connectivity index (χ0) is 14.7. The van der Waals surface area contributed by atoms with E-state index in [1.807, 2.05) is 18.3 Å². The van der Waals surface area contributed by atoms with Gasteiger partial charge in [-0.1, -0.05) is 0 Å². The molecule has 0 bridgehead atoms. The summed E-state index contributed by atoms with van der Waals surface area (Å²) in [5.41, 5.74) is 3.08. The predicted octanol–water partition coefficient (Wildman–Crippen LogP) is 2.60. The molecule has 110 valence electrons. The quantitative estimate of drug-likeness (QED) is 0.680. The number of benzene rings is 1. The Labute approximate surface area is 134 Å². The summed E-state index contributed by atoms with van der Waals surface area (Å²) in [5.74, 6) is 0. The second kappa shape index (κ2) is 6.56. The number of thiazole rings is 1. The summed E-state index contributed by atoms with van der Waals surface area (Å²) in [6.07, 6.45) is 1.96. The number of anilines is 2. The molecule has 2 aromatic heterocycles. The van der Waals surface area contributed by atoms with Crippen molar-refractivity contribution in [3.63, 3.8) is 0 Å². The van der Waals surface area contributed by atoms with E-state index in [1.54, 1.807) is 11.3 Å². The van der Waals surface area contributed by atoms with E-state index in [2.05, 4.69) is 43.1 Å². The van der Waals surface area contributed by atoms with E-state index in [9.17, 15) is 0 Å². The Kier molecular flexibility index (Phi) is 4.53. The van der Waals surface area contributed by atoms with Crippen LogP contribution in [0.25, 0.3) is 11.0 Å². The van der Waals surface area contributed by atoms with Crippen molar-refractivity contribution in [3.05, 3.63) is 29.3 Å². The molecule has 0 spiro atoms. The van der Waals surface area contributed by atoms with Gasteiger partial charge in [0.15, 0.2) is 0 Å². The summed E-state index contributed by atoms with van der Waals surface area (Å²) < 4.78 is 8.89. The van der Waals surface area contributed by atoms with Gasteiger partial charge in [-0.15, -0.1) is 0 Å². The predicted molar refractivity (Wildman–Crippen MR) is 89.5 cm³/mol. The van der Waals surface area contributed by atoms with Crippen LogP contribution in [0.15, 0.2) is 24.4 Å².